The van der Waals surface area contributed by atoms with Crippen LogP contribution in [0.1, 0.15) is 10.4 Å². The van der Waals surface area contributed by atoms with E-state index in [2.05, 4.69) is 4.36 Å². The molecule has 5 heteroatoms. The third-order valence-electron chi connectivity index (χ3n) is 2.19. The topological polar surface area (TPSA) is 29.4 Å². The fourth-order valence-corrected chi connectivity index (χ4v) is 2.66. The maximum Gasteiger partial charge on any atom is 0.284 e. The number of hydrogen-bond acceptors (Lipinski definition) is 1. The molecule has 0 bridgehead atoms. The van der Waals surface area contributed by atoms with E-state index >= 15 is 0 Å². The summed E-state index contributed by atoms with van der Waals surface area (Å²) in [5, 5.41) is 0.583. The first-order valence-corrected chi connectivity index (χ1v) is 7.53. The van der Waals surface area contributed by atoms with Crippen LogP contribution in [0.4, 0.5) is 0 Å². The van der Waals surface area contributed by atoms with Gasteiger partial charge in [-0.25, -0.2) is 0 Å². The second-order valence-corrected chi connectivity index (χ2v) is 5.90. The minimum Gasteiger partial charge on any atom is -0.266 e. The number of carbonyl (C=O) groups is 1. The third kappa shape index (κ3) is 3.42. The molecule has 0 saturated carbocycles. The Balaban J connectivity index is 2.23. The van der Waals surface area contributed by atoms with Crippen molar-refractivity contribution in [3.8, 4) is 0 Å². The number of rotatable bonds is 2. The number of halogens is 2. The van der Waals surface area contributed by atoms with Crippen LogP contribution in [-0.4, -0.2) is 5.91 Å². The summed E-state index contributed by atoms with van der Waals surface area (Å²) < 4.78 is 3.96. The van der Waals surface area contributed by atoms with Crippen LogP contribution in [-0.2, 0) is 9.90 Å². The fourth-order valence-electron chi connectivity index (χ4n) is 1.30. The van der Waals surface area contributed by atoms with Crippen molar-refractivity contribution in [3.63, 3.8) is 0 Å². The Hall–Kier alpha value is -1.16. The number of carbonyl (C=O) groups excluding carboxylic acids is 1. The highest BCUT2D eigenvalue weighted by molar-refractivity contribution is 8.10. The van der Waals surface area contributed by atoms with Gasteiger partial charge in [0.05, 0.1) is 0 Å². The molecule has 2 rings (SSSR count). The van der Waals surface area contributed by atoms with Crippen molar-refractivity contribution in [3.05, 3.63) is 65.2 Å². The van der Waals surface area contributed by atoms with E-state index in [1.165, 1.54) is 0 Å². The Morgan fingerprint density at radius 3 is 2.22 bits per heavy atom. The van der Waals surface area contributed by atoms with Crippen molar-refractivity contribution in [1.29, 1.82) is 0 Å². The lowest BCUT2D eigenvalue weighted by molar-refractivity contribution is 0.101. The number of benzene rings is 2. The van der Waals surface area contributed by atoms with Gasteiger partial charge in [-0.15, -0.1) is 0 Å². The van der Waals surface area contributed by atoms with E-state index in [1.807, 2.05) is 30.3 Å². The van der Waals surface area contributed by atoms with Crippen molar-refractivity contribution < 1.29 is 4.79 Å². The van der Waals surface area contributed by atoms with Gasteiger partial charge in [0.2, 0.25) is 0 Å². The molecule has 1 unspecified atom stereocenters. The van der Waals surface area contributed by atoms with Gasteiger partial charge in [0, 0.05) is 25.4 Å². The Kier molecular flexibility index (Phi) is 4.53. The van der Waals surface area contributed by atoms with Gasteiger partial charge < -0.3 is 0 Å². The average Bonchev–Trinajstić information content (AvgIpc) is 2.40. The van der Waals surface area contributed by atoms with Crippen LogP contribution >= 0.6 is 22.3 Å². The highest BCUT2D eigenvalue weighted by atomic mass is 35.7. The highest BCUT2D eigenvalue weighted by Crippen LogP contribution is 2.15. The Morgan fingerprint density at radius 2 is 1.61 bits per heavy atom. The molecular formula is C13H9Cl2NOS. The molecule has 92 valence electrons. The van der Waals surface area contributed by atoms with Gasteiger partial charge in [0.1, 0.15) is 0 Å². The lowest BCUT2D eigenvalue weighted by atomic mass is 10.2. The van der Waals surface area contributed by atoms with Crippen LogP contribution in [0.25, 0.3) is 0 Å². The van der Waals surface area contributed by atoms with Crippen molar-refractivity contribution in [2.24, 2.45) is 4.36 Å². The number of nitrogens with zero attached hydrogens (tertiary/aromatic N) is 1. The van der Waals surface area contributed by atoms with Crippen LogP contribution in [0.2, 0.25) is 5.02 Å². The van der Waals surface area contributed by atoms with Gasteiger partial charge in [-0.2, -0.15) is 4.36 Å². The summed E-state index contributed by atoms with van der Waals surface area (Å²) in [4.78, 5) is 12.7. The smallest absolute Gasteiger partial charge is 0.266 e. The van der Waals surface area contributed by atoms with E-state index in [1.54, 1.807) is 24.3 Å². The largest absolute Gasteiger partial charge is 0.284 e. The minimum atomic E-state index is -0.955. The molecule has 2 aromatic carbocycles. The molecule has 0 aliphatic rings. The molecule has 0 aliphatic heterocycles. The predicted octanol–water partition coefficient (Wildman–Crippen LogP) is 4.50. The molecule has 0 heterocycles. The molecule has 0 aromatic heterocycles. The molecule has 0 spiro atoms. The van der Waals surface area contributed by atoms with Gasteiger partial charge in [-0.1, -0.05) is 29.8 Å². The lowest BCUT2D eigenvalue weighted by Crippen LogP contribution is -1.95. The normalized spacial score (nSPS) is 12.3. The molecule has 0 N–H and O–H groups in total. The van der Waals surface area contributed by atoms with Gasteiger partial charge in [-0.3, -0.25) is 4.79 Å². The first-order valence-electron chi connectivity index (χ1n) is 5.14. The summed E-state index contributed by atoms with van der Waals surface area (Å²) in [5.74, 6) is -0.339. The zero-order chi connectivity index (χ0) is 13.0. The summed E-state index contributed by atoms with van der Waals surface area (Å²) in [6, 6.07) is 15.9. The van der Waals surface area contributed by atoms with E-state index < -0.39 is 9.90 Å². The second-order valence-electron chi connectivity index (χ2n) is 3.45. The van der Waals surface area contributed by atoms with E-state index in [4.69, 9.17) is 22.3 Å². The van der Waals surface area contributed by atoms with Crippen LogP contribution in [0, 0.1) is 0 Å². The summed E-state index contributed by atoms with van der Waals surface area (Å²) in [7, 11) is 5.14. The Bertz CT molecular complexity index is 582. The monoisotopic (exact) mass is 297 g/mol. The Morgan fingerprint density at radius 1 is 1.00 bits per heavy atom. The van der Waals surface area contributed by atoms with Crippen LogP contribution in [0.3, 0.4) is 0 Å². The fraction of sp³-hybridized carbons (Fsp3) is 0. The molecule has 0 fully saturated rings. The zero-order valence-corrected chi connectivity index (χ0v) is 11.5. The highest BCUT2D eigenvalue weighted by Gasteiger charge is 2.06. The van der Waals surface area contributed by atoms with Crippen LogP contribution in [0.15, 0.2) is 63.9 Å². The van der Waals surface area contributed by atoms with Crippen LogP contribution in [0.5, 0.6) is 0 Å². The SMILES string of the molecule is O=C(N=S(Cl)c1ccccc1)c1ccc(Cl)cc1. The van der Waals surface area contributed by atoms with Gasteiger partial charge in [0.15, 0.2) is 0 Å². The Labute approximate surface area is 117 Å². The molecule has 2 nitrogen and oxygen atoms in total. The summed E-state index contributed by atoms with van der Waals surface area (Å²) in [5.41, 5.74) is 0.480. The minimum absolute atomic E-state index is 0.339. The zero-order valence-electron chi connectivity index (χ0n) is 9.22. The number of hydrogen-bond donors (Lipinski definition) is 0. The van der Waals surface area contributed by atoms with E-state index in [9.17, 15) is 4.79 Å². The molecule has 2 aromatic rings. The van der Waals surface area contributed by atoms with Gasteiger partial charge in [-0.05, 0) is 47.1 Å². The first kappa shape index (κ1) is 13.3. The molecule has 0 radical (unpaired) electrons. The van der Waals surface area contributed by atoms with Crippen molar-refractivity contribution in [1.82, 2.24) is 0 Å². The van der Waals surface area contributed by atoms with E-state index in [-0.39, 0.29) is 5.91 Å². The first-order chi connectivity index (χ1) is 8.66. The van der Waals surface area contributed by atoms with Crippen LogP contribution < -0.4 is 0 Å². The van der Waals surface area contributed by atoms with Gasteiger partial charge >= 0.3 is 0 Å². The predicted molar refractivity (Wildman–Crippen MR) is 76.1 cm³/mol. The van der Waals surface area contributed by atoms with Crippen molar-refractivity contribution >= 4 is 38.1 Å². The molecule has 0 saturated heterocycles. The quantitative estimate of drug-likeness (QED) is 0.803. The molecule has 1 atom stereocenters. The van der Waals surface area contributed by atoms with E-state index in [0.29, 0.717) is 10.6 Å². The van der Waals surface area contributed by atoms with Crippen molar-refractivity contribution in [2.45, 2.75) is 4.90 Å². The second kappa shape index (κ2) is 6.14. The summed E-state index contributed by atoms with van der Waals surface area (Å²) in [6.45, 7) is 0. The average molecular weight is 298 g/mol. The van der Waals surface area contributed by atoms with Crippen molar-refractivity contribution in [2.75, 3.05) is 0 Å². The third-order valence-corrected chi connectivity index (χ3v) is 4.17. The maximum atomic E-state index is 11.9. The lowest BCUT2D eigenvalue weighted by Gasteiger charge is -1.99. The maximum absolute atomic E-state index is 11.9. The molecule has 18 heavy (non-hydrogen) atoms. The summed E-state index contributed by atoms with van der Waals surface area (Å²) in [6.07, 6.45) is 0. The summed E-state index contributed by atoms with van der Waals surface area (Å²) >= 11 is 5.75. The van der Waals surface area contributed by atoms with Gasteiger partial charge in [0.25, 0.3) is 5.91 Å². The molecule has 1 amide bonds. The van der Waals surface area contributed by atoms with E-state index in [0.717, 1.165) is 4.90 Å². The molecular weight excluding hydrogens is 289 g/mol. The standard InChI is InChI=1S/C13H9Cl2NOS/c14-11-8-6-10(7-9-11)13(17)16-18(15)12-4-2-1-3-5-12/h1-9H. The molecule has 0 aliphatic carbocycles. The number of amides is 1.